The van der Waals surface area contributed by atoms with Crippen LogP contribution >= 0.6 is 0 Å². The minimum atomic E-state index is -0.473. The maximum atomic E-state index is 11.6. The molecule has 3 atom stereocenters. The van der Waals surface area contributed by atoms with E-state index in [-0.39, 0.29) is 18.7 Å². The van der Waals surface area contributed by atoms with Crippen LogP contribution in [-0.2, 0) is 4.74 Å². The first kappa shape index (κ1) is 11.1. The van der Waals surface area contributed by atoms with E-state index in [1.54, 1.807) is 18.4 Å². The van der Waals surface area contributed by atoms with Crippen LogP contribution in [0.15, 0.2) is 23.9 Å². The van der Waals surface area contributed by atoms with Crippen molar-refractivity contribution in [3.05, 3.63) is 23.9 Å². The van der Waals surface area contributed by atoms with Gasteiger partial charge in [-0.3, -0.25) is 4.90 Å². The van der Waals surface area contributed by atoms with Crippen LogP contribution < -0.4 is 11.1 Å². The van der Waals surface area contributed by atoms with Crippen molar-refractivity contribution < 1.29 is 14.6 Å². The second-order valence-electron chi connectivity index (χ2n) is 3.84. The molecule has 4 N–H and O–H groups in total. The van der Waals surface area contributed by atoms with E-state index >= 15 is 0 Å². The molecule has 2 aliphatic heterocycles. The first-order valence-corrected chi connectivity index (χ1v) is 5.09. The summed E-state index contributed by atoms with van der Waals surface area (Å²) in [5.41, 5.74) is 6.51. The molecule has 0 radical (unpaired) electrons. The van der Waals surface area contributed by atoms with Gasteiger partial charge in [-0.1, -0.05) is 6.08 Å². The Kier molecular flexibility index (Phi) is 2.95. The third kappa shape index (κ3) is 1.95. The standard InChI is InChI=1S/C10H15N3O3/c1-6-4-13(10(15)12-9(6)11)8-3-2-7(5-14)16-8/h2-4,7-9,14H,5,11H2,1H3,(H,12,15)/t7-,8+,9?/m0/s1. The normalized spacial score (nSPS) is 33.9. The minimum absolute atomic E-state index is 0.0926. The molecule has 6 heteroatoms. The first-order valence-electron chi connectivity index (χ1n) is 5.09. The zero-order chi connectivity index (χ0) is 11.7. The summed E-state index contributed by atoms with van der Waals surface area (Å²) in [6, 6.07) is -0.300. The van der Waals surface area contributed by atoms with Crippen LogP contribution in [0.4, 0.5) is 4.79 Å². The molecular formula is C10H15N3O3. The Hall–Kier alpha value is -1.37. The topological polar surface area (TPSA) is 87.8 Å². The molecule has 0 aromatic rings. The van der Waals surface area contributed by atoms with Gasteiger partial charge < -0.3 is 20.9 Å². The molecule has 0 aromatic heterocycles. The van der Waals surface area contributed by atoms with Crippen molar-refractivity contribution in [3.63, 3.8) is 0 Å². The lowest BCUT2D eigenvalue weighted by Gasteiger charge is -2.32. The van der Waals surface area contributed by atoms with Crippen LogP contribution in [0.1, 0.15) is 6.92 Å². The molecule has 0 saturated heterocycles. The van der Waals surface area contributed by atoms with Crippen molar-refractivity contribution in [3.8, 4) is 0 Å². The highest BCUT2D eigenvalue weighted by Gasteiger charge is 2.30. The van der Waals surface area contributed by atoms with Gasteiger partial charge in [-0.15, -0.1) is 0 Å². The van der Waals surface area contributed by atoms with Gasteiger partial charge in [0.15, 0.2) is 6.23 Å². The monoisotopic (exact) mass is 225 g/mol. The predicted molar refractivity (Wildman–Crippen MR) is 57.0 cm³/mol. The highest BCUT2D eigenvalue weighted by Crippen LogP contribution is 2.19. The summed E-state index contributed by atoms with van der Waals surface area (Å²) >= 11 is 0. The summed E-state index contributed by atoms with van der Waals surface area (Å²) in [5, 5.41) is 11.5. The maximum Gasteiger partial charge on any atom is 0.325 e. The Bertz CT molecular complexity index is 353. The molecule has 0 fully saturated rings. The Balaban J connectivity index is 2.11. The quantitative estimate of drug-likeness (QED) is 0.551. The molecule has 0 saturated carbocycles. The van der Waals surface area contributed by atoms with Crippen molar-refractivity contribution in [2.45, 2.75) is 25.4 Å². The van der Waals surface area contributed by atoms with Gasteiger partial charge in [0.25, 0.3) is 0 Å². The fraction of sp³-hybridized carbons (Fsp3) is 0.500. The Morgan fingerprint density at radius 3 is 3.00 bits per heavy atom. The Morgan fingerprint density at radius 2 is 2.38 bits per heavy atom. The van der Waals surface area contributed by atoms with E-state index in [9.17, 15) is 4.79 Å². The molecule has 0 aliphatic carbocycles. The number of nitrogens with two attached hydrogens (primary N) is 1. The average molecular weight is 225 g/mol. The number of urea groups is 1. The third-order valence-electron chi connectivity index (χ3n) is 2.61. The zero-order valence-electron chi connectivity index (χ0n) is 8.96. The molecule has 2 amide bonds. The summed E-state index contributed by atoms with van der Waals surface area (Å²) < 4.78 is 5.42. The second-order valence-corrected chi connectivity index (χ2v) is 3.84. The van der Waals surface area contributed by atoms with Gasteiger partial charge in [0.05, 0.1) is 6.61 Å². The van der Waals surface area contributed by atoms with E-state index < -0.39 is 12.4 Å². The number of nitrogens with one attached hydrogen (secondary N) is 1. The predicted octanol–water partition coefficient (Wildman–Crippen LogP) is -0.526. The zero-order valence-corrected chi connectivity index (χ0v) is 8.96. The highest BCUT2D eigenvalue weighted by atomic mass is 16.5. The van der Waals surface area contributed by atoms with Crippen molar-refractivity contribution >= 4 is 6.03 Å². The summed E-state index contributed by atoms with van der Waals surface area (Å²) in [6.07, 6.45) is 3.87. The number of aliphatic hydroxyl groups is 1. The SMILES string of the molecule is CC1=CN([C@H]2C=C[C@@H](CO)O2)C(=O)NC1N. The lowest BCUT2D eigenvalue weighted by molar-refractivity contribution is -0.0242. The van der Waals surface area contributed by atoms with Crippen molar-refractivity contribution in [2.24, 2.45) is 5.73 Å². The van der Waals surface area contributed by atoms with E-state index in [4.69, 9.17) is 15.6 Å². The molecule has 2 aliphatic rings. The average Bonchev–Trinajstić information content (AvgIpc) is 2.71. The van der Waals surface area contributed by atoms with Crippen LogP contribution in [0.3, 0.4) is 0 Å². The Labute approximate surface area is 93.4 Å². The van der Waals surface area contributed by atoms with Crippen LogP contribution in [0, 0.1) is 0 Å². The number of amides is 2. The fourth-order valence-corrected chi connectivity index (χ4v) is 1.62. The number of aliphatic hydroxyl groups excluding tert-OH is 1. The summed E-state index contributed by atoms with van der Waals surface area (Å²) in [4.78, 5) is 13.1. The molecule has 2 rings (SSSR count). The van der Waals surface area contributed by atoms with Gasteiger partial charge in [0.2, 0.25) is 0 Å². The summed E-state index contributed by atoms with van der Waals surface area (Å²) in [6.45, 7) is 1.74. The first-order chi connectivity index (χ1) is 7.61. The maximum absolute atomic E-state index is 11.6. The van der Waals surface area contributed by atoms with Gasteiger partial charge in [-0.25, -0.2) is 4.79 Å². The fourth-order valence-electron chi connectivity index (χ4n) is 1.62. The molecule has 1 unspecified atom stereocenters. The summed E-state index contributed by atoms with van der Waals surface area (Å²) in [7, 11) is 0. The number of carbonyl (C=O) groups is 1. The molecule has 0 aromatic carbocycles. The molecule has 16 heavy (non-hydrogen) atoms. The van der Waals surface area contributed by atoms with Crippen molar-refractivity contribution in [1.82, 2.24) is 10.2 Å². The lowest BCUT2D eigenvalue weighted by atomic mass is 10.2. The Morgan fingerprint density at radius 1 is 1.62 bits per heavy atom. The van der Waals surface area contributed by atoms with E-state index in [1.807, 2.05) is 6.92 Å². The van der Waals surface area contributed by atoms with E-state index in [0.29, 0.717) is 0 Å². The number of rotatable bonds is 2. The number of ether oxygens (including phenoxy) is 1. The highest BCUT2D eigenvalue weighted by molar-refractivity contribution is 5.78. The molecule has 0 bridgehead atoms. The minimum Gasteiger partial charge on any atom is -0.393 e. The third-order valence-corrected chi connectivity index (χ3v) is 2.61. The van der Waals surface area contributed by atoms with Gasteiger partial charge in [-0.05, 0) is 18.6 Å². The number of hydrogen-bond donors (Lipinski definition) is 3. The largest absolute Gasteiger partial charge is 0.393 e. The van der Waals surface area contributed by atoms with Gasteiger partial charge in [0.1, 0.15) is 12.3 Å². The molecule has 2 heterocycles. The number of hydrogen-bond acceptors (Lipinski definition) is 4. The van der Waals surface area contributed by atoms with Gasteiger partial charge in [0, 0.05) is 6.20 Å². The van der Waals surface area contributed by atoms with Gasteiger partial charge in [-0.2, -0.15) is 0 Å². The smallest absolute Gasteiger partial charge is 0.325 e. The molecule has 6 nitrogen and oxygen atoms in total. The summed E-state index contributed by atoms with van der Waals surface area (Å²) in [5.74, 6) is 0. The molecule has 0 spiro atoms. The van der Waals surface area contributed by atoms with Crippen molar-refractivity contribution in [1.29, 1.82) is 0 Å². The molecule has 88 valence electrons. The van der Waals surface area contributed by atoms with E-state index in [0.717, 1.165) is 5.57 Å². The van der Waals surface area contributed by atoms with E-state index in [2.05, 4.69) is 5.32 Å². The van der Waals surface area contributed by atoms with Crippen LogP contribution in [-0.4, -0.2) is 41.1 Å². The second kappa shape index (κ2) is 4.25. The van der Waals surface area contributed by atoms with Crippen molar-refractivity contribution in [2.75, 3.05) is 6.61 Å². The lowest BCUT2D eigenvalue weighted by Crippen LogP contribution is -2.54. The number of nitrogens with zero attached hydrogens (tertiary/aromatic N) is 1. The number of carbonyl (C=O) groups excluding carboxylic acids is 1. The van der Waals surface area contributed by atoms with Gasteiger partial charge >= 0.3 is 6.03 Å². The van der Waals surface area contributed by atoms with Crippen LogP contribution in [0.2, 0.25) is 0 Å². The molecular weight excluding hydrogens is 210 g/mol. The van der Waals surface area contributed by atoms with Crippen LogP contribution in [0.5, 0.6) is 0 Å². The van der Waals surface area contributed by atoms with E-state index in [1.165, 1.54) is 4.90 Å². The van der Waals surface area contributed by atoms with Crippen LogP contribution in [0.25, 0.3) is 0 Å².